The van der Waals surface area contributed by atoms with Crippen LogP contribution in [0.2, 0.25) is 5.02 Å². The van der Waals surface area contributed by atoms with Gasteiger partial charge in [-0.05, 0) is 55.6 Å². The first-order valence-electron chi connectivity index (χ1n) is 6.90. The van der Waals surface area contributed by atoms with Crippen LogP contribution in [0, 0.1) is 12.8 Å². The minimum absolute atomic E-state index is 0.484. The second kappa shape index (κ2) is 6.58. The standard InChI is InChI=1S/C15H21ClN2S/c1-10-7-8-14(12(16)9-10)18-15(19)17-13-6-4-3-5-11(13)2/h7-9,11,13H,3-6H2,1-2H3,(H2,17,18,19)/t11-,13+/m1/s1. The molecule has 0 heterocycles. The van der Waals surface area contributed by atoms with Gasteiger partial charge in [0.2, 0.25) is 0 Å². The van der Waals surface area contributed by atoms with Crippen LogP contribution in [0.3, 0.4) is 0 Å². The van der Waals surface area contributed by atoms with E-state index >= 15 is 0 Å². The molecule has 1 aliphatic rings. The lowest BCUT2D eigenvalue weighted by Crippen LogP contribution is -2.43. The molecule has 2 rings (SSSR count). The topological polar surface area (TPSA) is 24.1 Å². The molecule has 0 radical (unpaired) electrons. The molecule has 2 N–H and O–H groups in total. The quantitative estimate of drug-likeness (QED) is 0.785. The van der Waals surface area contributed by atoms with Crippen molar-refractivity contribution >= 4 is 34.6 Å². The zero-order valence-electron chi connectivity index (χ0n) is 11.5. The van der Waals surface area contributed by atoms with Crippen LogP contribution in [0.25, 0.3) is 0 Å². The zero-order valence-corrected chi connectivity index (χ0v) is 13.1. The number of benzene rings is 1. The van der Waals surface area contributed by atoms with Gasteiger partial charge >= 0.3 is 0 Å². The molecule has 1 fully saturated rings. The summed E-state index contributed by atoms with van der Waals surface area (Å²) in [4.78, 5) is 0. The summed E-state index contributed by atoms with van der Waals surface area (Å²) in [5, 5.41) is 7.99. The van der Waals surface area contributed by atoms with Crippen LogP contribution >= 0.6 is 23.8 Å². The van der Waals surface area contributed by atoms with E-state index in [1.165, 1.54) is 25.7 Å². The van der Waals surface area contributed by atoms with Gasteiger partial charge in [-0.25, -0.2) is 0 Å². The lowest BCUT2D eigenvalue weighted by atomic mass is 9.86. The van der Waals surface area contributed by atoms with Crippen molar-refractivity contribution in [1.29, 1.82) is 0 Å². The van der Waals surface area contributed by atoms with Crippen molar-refractivity contribution in [2.75, 3.05) is 5.32 Å². The predicted molar refractivity (Wildman–Crippen MR) is 87.0 cm³/mol. The Morgan fingerprint density at radius 2 is 2.05 bits per heavy atom. The minimum atomic E-state index is 0.484. The second-order valence-electron chi connectivity index (χ2n) is 5.45. The molecule has 2 nitrogen and oxygen atoms in total. The number of anilines is 1. The van der Waals surface area contributed by atoms with Gasteiger partial charge < -0.3 is 10.6 Å². The van der Waals surface area contributed by atoms with Gasteiger partial charge in [0, 0.05) is 6.04 Å². The van der Waals surface area contributed by atoms with Crippen molar-refractivity contribution in [1.82, 2.24) is 5.32 Å². The SMILES string of the molecule is Cc1ccc(NC(=S)N[C@H]2CCCC[C@H]2C)c(Cl)c1. The number of hydrogen-bond acceptors (Lipinski definition) is 1. The Bertz CT molecular complexity index is 461. The van der Waals surface area contributed by atoms with Crippen molar-refractivity contribution in [3.8, 4) is 0 Å². The first-order valence-corrected chi connectivity index (χ1v) is 7.68. The smallest absolute Gasteiger partial charge is 0.171 e. The van der Waals surface area contributed by atoms with Crippen LogP contribution in [0.15, 0.2) is 18.2 Å². The van der Waals surface area contributed by atoms with Gasteiger partial charge in [0.1, 0.15) is 0 Å². The fraction of sp³-hybridized carbons (Fsp3) is 0.533. The van der Waals surface area contributed by atoms with Crippen molar-refractivity contribution in [3.05, 3.63) is 28.8 Å². The molecule has 4 heteroatoms. The average Bonchev–Trinajstić information content (AvgIpc) is 2.36. The molecule has 104 valence electrons. The Hall–Kier alpha value is -0.800. The normalized spacial score (nSPS) is 22.9. The maximum absolute atomic E-state index is 6.20. The molecule has 1 aromatic carbocycles. The summed E-state index contributed by atoms with van der Waals surface area (Å²) in [6, 6.07) is 6.42. The minimum Gasteiger partial charge on any atom is -0.359 e. The molecule has 2 atom stereocenters. The molecule has 0 spiro atoms. The van der Waals surface area contributed by atoms with Gasteiger partial charge in [-0.1, -0.05) is 37.4 Å². The number of aryl methyl sites for hydroxylation is 1. The predicted octanol–water partition coefficient (Wildman–Crippen LogP) is 4.51. The monoisotopic (exact) mass is 296 g/mol. The summed E-state index contributed by atoms with van der Waals surface area (Å²) in [6.07, 6.45) is 5.11. The van der Waals surface area contributed by atoms with Gasteiger partial charge in [-0.15, -0.1) is 0 Å². The van der Waals surface area contributed by atoms with Gasteiger partial charge in [-0.2, -0.15) is 0 Å². The van der Waals surface area contributed by atoms with Crippen LogP contribution in [0.1, 0.15) is 38.2 Å². The molecule has 0 aromatic heterocycles. The summed E-state index contributed by atoms with van der Waals surface area (Å²) in [5.74, 6) is 0.682. The van der Waals surface area contributed by atoms with E-state index in [4.69, 9.17) is 23.8 Å². The molecular formula is C15H21ClN2S. The van der Waals surface area contributed by atoms with Crippen molar-refractivity contribution in [3.63, 3.8) is 0 Å². The van der Waals surface area contributed by atoms with Crippen LogP contribution in [-0.2, 0) is 0 Å². The van der Waals surface area contributed by atoms with Crippen LogP contribution < -0.4 is 10.6 Å². The highest BCUT2D eigenvalue weighted by molar-refractivity contribution is 7.80. The van der Waals surface area contributed by atoms with Gasteiger partial charge in [-0.3, -0.25) is 0 Å². The lowest BCUT2D eigenvalue weighted by molar-refractivity contribution is 0.309. The van der Waals surface area contributed by atoms with Crippen molar-refractivity contribution in [2.45, 2.75) is 45.6 Å². The van der Waals surface area contributed by atoms with E-state index in [1.807, 2.05) is 25.1 Å². The first-order chi connectivity index (χ1) is 9.06. The average molecular weight is 297 g/mol. The van der Waals surface area contributed by atoms with Gasteiger partial charge in [0.05, 0.1) is 10.7 Å². The van der Waals surface area contributed by atoms with Crippen molar-refractivity contribution < 1.29 is 0 Å². The van der Waals surface area contributed by atoms with E-state index < -0.39 is 0 Å². The van der Waals surface area contributed by atoms with E-state index in [0.29, 0.717) is 22.1 Å². The molecule has 1 aromatic rings. The van der Waals surface area contributed by atoms with Gasteiger partial charge in [0.15, 0.2) is 5.11 Å². The highest BCUT2D eigenvalue weighted by atomic mass is 35.5. The van der Waals surface area contributed by atoms with Crippen LogP contribution in [0.5, 0.6) is 0 Å². The Balaban J connectivity index is 1.93. The largest absolute Gasteiger partial charge is 0.359 e. The number of halogens is 1. The summed E-state index contributed by atoms with van der Waals surface area (Å²) >= 11 is 11.6. The fourth-order valence-corrected chi connectivity index (χ4v) is 3.12. The van der Waals surface area contributed by atoms with Crippen LogP contribution in [0.4, 0.5) is 5.69 Å². The highest BCUT2D eigenvalue weighted by Gasteiger charge is 2.21. The molecule has 1 saturated carbocycles. The summed E-state index contributed by atoms with van der Waals surface area (Å²) in [6.45, 7) is 4.31. The maximum atomic E-state index is 6.20. The Morgan fingerprint density at radius 3 is 2.74 bits per heavy atom. The molecule has 0 unspecified atom stereocenters. The van der Waals surface area contributed by atoms with E-state index in [9.17, 15) is 0 Å². The zero-order chi connectivity index (χ0) is 13.8. The molecule has 1 aliphatic carbocycles. The molecule has 19 heavy (non-hydrogen) atoms. The first kappa shape index (κ1) is 14.6. The van der Waals surface area contributed by atoms with E-state index in [0.717, 1.165) is 11.3 Å². The number of hydrogen-bond donors (Lipinski definition) is 2. The second-order valence-corrected chi connectivity index (χ2v) is 6.27. The van der Waals surface area contributed by atoms with Crippen LogP contribution in [-0.4, -0.2) is 11.2 Å². The van der Waals surface area contributed by atoms with E-state index in [-0.39, 0.29) is 0 Å². The van der Waals surface area contributed by atoms with E-state index in [1.54, 1.807) is 0 Å². The Morgan fingerprint density at radius 1 is 1.32 bits per heavy atom. The fourth-order valence-electron chi connectivity index (χ4n) is 2.58. The Kier molecular flexibility index (Phi) is 5.06. The molecule has 0 aliphatic heterocycles. The number of thiocarbonyl (C=S) groups is 1. The summed E-state index contributed by atoms with van der Waals surface area (Å²) < 4.78 is 0. The maximum Gasteiger partial charge on any atom is 0.171 e. The molecule has 0 saturated heterocycles. The third-order valence-corrected chi connectivity index (χ3v) is 4.33. The third kappa shape index (κ3) is 4.08. The molecular weight excluding hydrogens is 276 g/mol. The third-order valence-electron chi connectivity index (χ3n) is 3.80. The summed E-state index contributed by atoms with van der Waals surface area (Å²) in [7, 11) is 0. The van der Waals surface area contributed by atoms with E-state index in [2.05, 4.69) is 17.6 Å². The lowest BCUT2D eigenvalue weighted by Gasteiger charge is -2.30. The molecule has 0 amide bonds. The van der Waals surface area contributed by atoms with Crippen molar-refractivity contribution in [2.24, 2.45) is 5.92 Å². The Labute approximate surface area is 125 Å². The number of nitrogens with one attached hydrogen (secondary N) is 2. The highest BCUT2D eigenvalue weighted by Crippen LogP contribution is 2.25. The molecule has 0 bridgehead atoms. The number of rotatable bonds is 2. The van der Waals surface area contributed by atoms with Gasteiger partial charge in [0.25, 0.3) is 0 Å². The summed E-state index contributed by atoms with van der Waals surface area (Å²) in [5.41, 5.74) is 2.02.